The number of nitrogens with zero attached hydrogens (tertiary/aromatic N) is 6. The molecule has 3 aromatic heterocycles. The number of hydrogen-bond donors (Lipinski definition) is 2. The maximum atomic E-state index is 13.2. The van der Waals surface area contributed by atoms with Gasteiger partial charge in [-0.25, -0.2) is 14.6 Å². The van der Waals surface area contributed by atoms with Gasteiger partial charge in [0.2, 0.25) is 5.91 Å². The zero-order valence-electron chi connectivity index (χ0n) is 17.4. The number of halogens is 1. The molecule has 1 saturated heterocycles. The summed E-state index contributed by atoms with van der Waals surface area (Å²) < 4.78 is 8.11. The Morgan fingerprint density at radius 1 is 1.33 bits per heavy atom. The lowest BCUT2D eigenvalue weighted by Gasteiger charge is -2.32. The van der Waals surface area contributed by atoms with Crippen LogP contribution < -0.4 is 11.1 Å². The number of anilines is 2. The minimum Gasteiger partial charge on any atom is -0.423 e. The Hall–Kier alpha value is -3.80. The Kier molecular flexibility index (Phi) is 5.29. The topological polar surface area (TPSA) is 145 Å². The molecule has 0 unspecified atom stereocenters. The molecule has 1 fully saturated rings. The van der Waals surface area contributed by atoms with Crippen molar-refractivity contribution in [3.63, 3.8) is 0 Å². The lowest BCUT2D eigenvalue weighted by atomic mass is 10.1. The SMILES string of the molecule is C=CC(=O)N1CCC[C@@H](n2nc(C(=O)Nc3nc4cc(Br)ccc4o3)c3c(N)ncnc32)C1. The highest BCUT2D eigenvalue weighted by Crippen LogP contribution is 2.29. The van der Waals surface area contributed by atoms with E-state index in [0.717, 1.165) is 17.3 Å². The molecule has 5 rings (SSSR count). The number of nitrogen functional groups attached to an aromatic ring is 1. The molecule has 168 valence electrons. The molecule has 1 aliphatic heterocycles. The van der Waals surface area contributed by atoms with E-state index in [1.807, 2.05) is 6.07 Å². The number of hydrogen-bond acceptors (Lipinski definition) is 8. The number of likely N-dealkylation sites (tertiary alicyclic amines) is 1. The fourth-order valence-electron chi connectivity index (χ4n) is 4.00. The summed E-state index contributed by atoms with van der Waals surface area (Å²) in [5, 5.41) is 7.52. The van der Waals surface area contributed by atoms with Crippen molar-refractivity contribution in [2.24, 2.45) is 0 Å². The van der Waals surface area contributed by atoms with E-state index in [4.69, 9.17) is 10.2 Å². The first-order chi connectivity index (χ1) is 15.9. The molecule has 0 aliphatic carbocycles. The molecule has 11 nitrogen and oxygen atoms in total. The highest BCUT2D eigenvalue weighted by Gasteiger charge is 2.29. The molecule has 1 aromatic carbocycles. The zero-order chi connectivity index (χ0) is 23.1. The molecule has 0 radical (unpaired) electrons. The molecule has 3 N–H and O–H groups in total. The van der Waals surface area contributed by atoms with E-state index in [2.05, 4.69) is 47.9 Å². The Morgan fingerprint density at radius 2 is 2.18 bits per heavy atom. The van der Waals surface area contributed by atoms with Crippen molar-refractivity contribution in [2.45, 2.75) is 18.9 Å². The summed E-state index contributed by atoms with van der Waals surface area (Å²) in [6.07, 6.45) is 4.17. The number of nitrogens with two attached hydrogens (primary N) is 1. The molecule has 33 heavy (non-hydrogen) atoms. The number of amides is 2. The summed E-state index contributed by atoms with van der Waals surface area (Å²) >= 11 is 3.38. The van der Waals surface area contributed by atoms with E-state index >= 15 is 0 Å². The van der Waals surface area contributed by atoms with Crippen LogP contribution in [-0.4, -0.2) is 54.5 Å². The first-order valence-corrected chi connectivity index (χ1v) is 11.0. The number of carbonyl (C=O) groups is 2. The Morgan fingerprint density at radius 3 is 3.00 bits per heavy atom. The minimum absolute atomic E-state index is 0.0339. The number of oxazole rings is 1. The average molecular weight is 511 g/mol. The van der Waals surface area contributed by atoms with Crippen LogP contribution in [0.3, 0.4) is 0 Å². The van der Waals surface area contributed by atoms with Crippen molar-refractivity contribution in [3.05, 3.63) is 47.3 Å². The van der Waals surface area contributed by atoms with Gasteiger partial charge in [0.1, 0.15) is 17.7 Å². The second-order valence-electron chi connectivity index (χ2n) is 7.62. The number of benzene rings is 1. The molecular formula is C21H19BrN8O3. The molecule has 1 atom stereocenters. The maximum Gasteiger partial charge on any atom is 0.302 e. The van der Waals surface area contributed by atoms with Gasteiger partial charge in [-0.15, -0.1) is 0 Å². The van der Waals surface area contributed by atoms with Gasteiger partial charge in [-0.05, 0) is 37.1 Å². The normalized spacial score (nSPS) is 16.3. The number of rotatable bonds is 4. The summed E-state index contributed by atoms with van der Waals surface area (Å²) in [6.45, 7) is 4.62. The number of nitrogens with one attached hydrogen (secondary N) is 1. The van der Waals surface area contributed by atoms with Gasteiger partial charge in [-0.3, -0.25) is 14.9 Å². The molecular weight excluding hydrogens is 492 g/mol. The largest absolute Gasteiger partial charge is 0.423 e. The van der Waals surface area contributed by atoms with Gasteiger partial charge >= 0.3 is 6.01 Å². The molecule has 1 aliphatic rings. The first kappa shape index (κ1) is 21.1. The predicted molar refractivity (Wildman–Crippen MR) is 124 cm³/mol. The molecule has 12 heteroatoms. The van der Waals surface area contributed by atoms with Crippen LogP contribution in [0.5, 0.6) is 0 Å². The van der Waals surface area contributed by atoms with Crippen LogP contribution in [0.2, 0.25) is 0 Å². The summed E-state index contributed by atoms with van der Waals surface area (Å²) in [4.78, 5) is 39.6. The summed E-state index contributed by atoms with van der Waals surface area (Å²) in [5.41, 5.74) is 7.70. The monoisotopic (exact) mass is 510 g/mol. The highest BCUT2D eigenvalue weighted by molar-refractivity contribution is 9.10. The van der Waals surface area contributed by atoms with Gasteiger partial charge in [-0.2, -0.15) is 10.1 Å². The second kappa shape index (κ2) is 8.28. The van der Waals surface area contributed by atoms with Crippen LogP contribution in [0, 0.1) is 0 Å². The third kappa shape index (κ3) is 3.82. The predicted octanol–water partition coefficient (Wildman–Crippen LogP) is 2.91. The van der Waals surface area contributed by atoms with E-state index in [1.54, 1.807) is 21.7 Å². The van der Waals surface area contributed by atoms with Crippen LogP contribution in [0.15, 0.2) is 46.1 Å². The van der Waals surface area contributed by atoms with Gasteiger partial charge in [0.25, 0.3) is 5.91 Å². The fraction of sp³-hybridized carbons (Fsp3) is 0.238. The van der Waals surface area contributed by atoms with Crippen LogP contribution in [-0.2, 0) is 4.79 Å². The number of aromatic nitrogens is 5. The zero-order valence-corrected chi connectivity index (χ0v) is 18.9. The van der Waals surface area contributed by atoms with Crippen LogP contribution >= 0.6 is 15.9 Å². The minimum atomic E-state index is -0.555. The van der Waals surface area contributed by atoms with Gasteiger partial charge in [-0.1, -0.05) is 22.5 Å². The van der Waals surface area contributed by atoms with E-state index in [9.17, 15) is 9.59 Å². The third-order valence-electron chi connectivity index (χ3n) is 5.53. The Balaban J connectivity index is 1.50. The van der Waals surface area contributed by atoms with Gasteiger partial charge < -0.3 is 15.1 Å². The van der Waals surface area contributed by atoms with Crippen molar-refractivity contribution < 1.29 is 14.0 Å². The summed E-state index contributed by atoms with van der Waals surface area (Å²) in [6, 6.07) is 5.20. The maximum absolute atomic E-state index is 13.2. The second-order valence-corrected chi connectivity index (χ2v) is 8.54. The third-order valence-corrected chi connectivity index (χ3v) is 6.03. The van der Waals surface area contributed by atoms with Gasteiger partial charge in [0, 0.05) is 17.6 Å². The molecule has 0 saturated carbocycles. The number of fused-ring (bicyclic) bond motifs is 2. The fourth-order valence-corrected chi connectivity index (χ4v) is 4.35. The molecule has 4 aromatic rings. The molecule has 0 spiro atoms. The molecule has 4 heterocycles. The van der Waals surface area contributed by atoms with E-state index in [-0.39, 0.29) is 29.5 Å². The van der Waals surface area contributed by atoms with Gasteiger partial charge in [0.05, 0.1) is 11.4 Å². The summed E-state index contributed by atoms with van der Waals surface area (Å²) in [7, 11) is 0. The quantitative estimate of drug-likeness (QED) is 0.398. The molecule has 2 amide bonds. The van der Waals surface area contributed by atoms with Crippen molar-refractivity contribution in [1.29, 1.82) is 0 Å². The lowest BCUT2D eigenvalue weighted by molar-refractivity contribution is -0.127. The number of carbonyl (C=O) groups excluding carboxylic acids is 2. The Bertz CT molecular complexity index is 1410. The van der Waals surface area contributed by atoms with E-state index < -0.39 is 5.91 Å². The smallest absolute Gasteiger partial charge is 0.302 e. The van der Waals surface area contributed by atoms with Crippen LogP contribution in [0.25, 0.3) is 22.1 Å². The summed E-state index contributed by atoms with van der Waals surface area (Å²) in [5.74, 6) is -0.570. The Labute approximate surface area is 195 Å². The van der Waals surface area contributed by atoms with Crippen molar-refractivity contribution in [3.8, 4) is 0 Å². The highest BCUT2D eigenvalue weighted by atomic mass is 79.9. The van der Waals surface area contributed by atoms with Crippen LogP contribution in [0.1, 0.15) is 29.4 Å². The van der Waals surface area contributed by atoms with E-state index in [0.29, 0.717) is 35.2 Å². The van der Waals surface area contributed by atoms with E-state index in [1.165, 1.54) is 12.4 Å². The lowest BCUT2D eigenvalue weighted by Crippen LogP contribution is -2.40. The standard InChI is InChI=1S/C21H19BrN8O3/c1-2-15(31)29-7-3-4-12(9-29)30-19-16(18(23)24-10-25-19)17(28-30)20(32)27-21-26-13-8-11(22)5-6-14(13)33-21/h2,5-6,8,10,12H,1,3-4,7,9H2,(H2,23,24,25)(H,26,27,32)/t12-/m1/s1. The average Bonchev–Trinajstić information content (AvgIpc) is 3.40. The van der Waals surface area contributed by atoms with Crippen LogP contribution in [0.4, 0.5) is 11.8 Å². The number of piperidine rings is 1. The molecule has 0 bridgehead atoms. The first-order valence-electron chi connectivity index (χ1n) is 10.2. The van der Waals surface area contributed by atoms with Crippen molar-refractivity contribution in [2.75, 3.05) is 24.1 Å². The van der Waals surface area contributed by atoms with Gasteiger partial charge in [0.15, 0.2) is 16.9 Å². The van der Waals surface area contributed by atoms with Crippen molar-refractivity contribution >= 4 is 61.7 Å². The van der Waals surface area contributed by atoms with Crippen molar-refractivity contribution in [1.82, 2.24) is 29.6 Å².